The maximum absolute atomic E-state index is 3.55. The molecule has 2 heteroatoms. The van der Waals surface area contributed by atoms with Crippen molar-refractivity contribution in [1.82, 2.24) is 10.2 Å². The molecule has 1 atom stereocenters. The summed E-state index contributed by atoms with van der Waals surface area (Å²) in [4.78, 5) is 2.65. The van der Waals surface area contributed by atoms with Gasteiger partial charge in [-0.1, -0.05) is 34.6 Å². The Morgan fingerprint density at radius 1 is 1.17 bits per heavy atom. The normalized spacial score (nSPS) is 23.3. The minimum Gasteiger partial charge on any atom is -0.315 e. The minimum absolute atomic E-state index is 0.492. The summed E-state index contributed by atoms with van der Waals surface area (Å²) in [7, 11) is 0. The highest BCUT2D eigenvalue weighted by molar-refractivity contribution is 4.79. The Morgan fingerprint density at radius 3 is 2.50 bits per heavy atom. The van der Waals surface area contributed by atoms with Crippen LogP contribution in [0.25, 0.3) is 0 Å². The second kappa shape index (κ2) is 7.49. The molecule has 1 unspecified atom stereocenters. The first-order chi connectivity index (χ1) is 8.39. The summed E-state index contributed by atoms with van der Waals surface area (Å²) < 4.78 is 0. The highest BCUT2D eigenvalue weighted by Crippen LogP contribution is 2.34. The molecule has 0 aromatic heterocycles. The number of likely N-dealkylation sites (tertiary alicyclic amines) is 1. The van der Waals surface area contributed by atoms with Crippen LogP contribution in [0.1, 0.15) is 53.9 Å². The molecule has 1 aliphatic rings. The summed E-state index contributed by atoms with van der Waals surface area (Å²) in [5.74, 6) is 1.67. The molecule has 0 spiro atoms. The van der Waals surface area contributed by atoms with Crippen molar-refractivity contribution in [3.05, 3.63) is 0 Å². The molecule has 0 bridgehead atoms. The second-order valence-electron chi connectivity index (χ2n) is 7.43. The summed E-state index contributed by atoms with van der Waals surface area (Å²) in [5.41, 5.74) is 0.492. The van der Waals surface area contributed by atoms with E-state index in [1.807, 2.05) is 0 Å². The summed E-state index contributed by atoms with van der Waals surface area (Å²) in [6, 6.07) is 0. The number of hydrogen-bond acceptors (Lipinski definition) is 2. The first-order valence-electron chi connectivity index (χ1n) is 7.82. The van der Waals surface area contributed by atoms with Gasteiger partial charge in [-0.05, 0) is 56.1 Å². The van der Waals surface area contributed by atoms with Gasteiger partial charge in [0, 0.05) is 13.1 Å². The summed E-state index contributed by atoms with van der Waals surface area (Å²) in [5, 5.41) is 3.55. The summed E-state index contributed by atoms with van der Waals surface area (Å²) >= 11 is 0. The number of nitrogens with one attached hydrogen (secondary N) is 1. The molecule has 108 valence electrons. The highest BCUT2D eigenvalue weighted by Gasteiger charge is 2.26. The predicted octanol–water partition coefficient (Wildman–Crippen LogP) is 3.38. The molecular weight excluding hydrogens is 220 g/mol. The number of rotatable bonds is 5. The van der Waals surface area contributed by atoms with Crippen LogP contribution in [0.4, 0.5) is 0 Å². The van der Waals surface area contributed by atoms with E-state index in [9.17, 15) is 0 Å². The van der Waals surface area contributed by atoms with Crippen molar-refractivity contribution < 1.29 is 0 Å². The Hall–Kier alpha value is -0.0800. The maximum atomic E-state index is 3.55. The van der Waals surface area contributed by atoms with Crippen LogP contribution >= 0.6 is 0 Å². The summed E-state index contributed by atoms with van der Waals surface area (Å²) in [6.45, 7) is 17.9. The van der Waals surface area contributed by atoms with Crippen molar-refractivity contribution in [3.8, 4) is 0 Å². The van der Waals surface area contributed by atoms with Crippen LogP contribution in [0.3, 0.4) is 0 Å². The smallest absolute Gasteiger partial charge is 0.0107 e. The third kappa shape index (κ3) is 6.19. The fraction of sp³-hybridized carbons (Fsp3) is 1.00. The van der Waals surface area contributed by atoms with Crippen molar-refractivity contribution in [2.24, 2.45) is 17.3 Å². The predicted molar refractivity (Wildman–Crippen MR) is 80.9 cm³/mol. The van der Waals surface area contributed by atoms with Gasteiger partial charge in [-0.15, -0.1) is 0 Å². The molecule has 0 saturated carbocycles. The van der Waals surface area contributed by atoms with Gasteiger partial charge in [-0.3, -0.25) is 0 Å². The molecule has 18 heavy (non-hydrogen) atoms. The molecule has 1 rings (SSSR count). The van der Waals surface area contributed by atoms with E-state index in [0.717, 1.165) is 24.9 Å². The van der Waals surface area contributed by atoms with Crippen LogP contribution < -0.4 is 5.32 Å². The van der Waals surface area contributed by atoms with E-state index < -0.39 is 0 Å². The lowest BCUT2D eigenvalue weighted by Crippen LogP contribution is -2.34. The first-order valence-corrected chi connectivity index (χ1v) is 7.82. The Kier molecular flexibility index (Phi) is 6.65. The molecule has 0 aliphatic carbocycles. The molecule has 1 fully saturated rings. The molecule has 1 aliphatic heterocycles. The van der Waals surface area contributed by atoms with Crippen LogP contribution in [0.15, 0.2) is 0 Å². The molecular formula is C16H34N2. The van der Waals surface area contributed by atoms with E-state index in [1.165, 1.54) is 38.9 Å². The Labute approximate surface area is 115 Å². The fourth-order valence-corrected chi connectivity index (χ4v) is 2.87. The molecule has 0 amide bonds. The average molecular weight is 254 g/mol. The zero-order valence-electron chi connectivity index (χ0n) is 13.3. The molecule has 0 aromatic rings. The van der Waals surface area contributed by atoms with Crippen LogP contribution in [-0.4, -0.2) is 37.6 Å². The van der Waals surface area contributed by atoms with Crippen LogP contribution in [0, 0.1) is 17.3 Å². The highest BCUT2D eigenvalue weighted by atomic mass is 15.1. The van der Waals surface area contributed by atoms with Crippen molar-refractivity contribution >= 4 is 0 Å². The van der Waals surface area contributed by atoms with Gasteiger partial charge in [0.1, 0.15) is 0 Å². The lowest BCUT2D eigenvalue weighted by molar-refractivity contribution is 0.208. The van der Waals surface area contributed by atoms with E-state index in [-0.39, 0.29) is 0 Å². The average Bonchev–Trinajstić information content (AvgIpc) is 2.48. The van der Waals surface area contributed by atoms with Crippen LogP contribution in [0.5, 0.6) is 0 Å². The van der Waals surface area contributed by atoms with Gasteiger partial charge in [0.05, 0.1) is 0 Å². The maximum Gasteiger partial charge on any atom is 0.0107 e. The van der Waals surface area contributed by atoms with Crippen LogP contribution in [-0.2, 0) is 0 Å². The lowest BCUT2D eigenvalue weighted by atomic mass is 9.77. The van der Waals surface area contributed by atoms with Gasteiger partial charge >= 0.3 is 0 Å². The van der Waals surface area contributed by atoms with Crippen molar-refractivity contribution in [3.63, 3.8) is 0 Å². The monoisotopic (exact) mass is 254 g/mol. The zero-order chi connectivity index (χ0) is 13.6. The topological polar surface area (TPSA) is 15.3 Å². The quantitative estimate of drug-likeness (QED) is 0.757. The van der Waals surface area contributed by atoms with Crippen molar-refractivity contribution in [2.45, 2.75) is 53.9 Å². The van der Waals surface area contributed by atoms with Crippen molar-refractivity contribution in [1.29, 1.82) is 0 Å². The SMILES string of the molecule is CC(C)CNCCN1CCCC(C(C)(C)C)CC1. The van der Waals surface area contributed by atoms with Gasteiger partial charge in [-0.25, -0.2) is 0 Å². The molecule has 0 aromatic carbocycles. The molecule has 1 heterocycles. The minimum atomic E-state index is 0.492. The van der Waals surface area contributed by atoms with E-state index in [4.69, 9.17) is 0 Å². The zero-order valence-corrected chi connectivity index (χ0v) is 13.3. The third-order valence-electron chi connectivity index (χ3n) is 4.20. The van der Waals surface area contributed by atoms with E-state index in [2.05, 4.69) is 44.8 Å². The van der Waals surface area contributed by atoms with E-state index in [0.29, 0.717) is 5.41 Å². The van der Waals surface area contributed by atoms with E-state index >= 15 is 0 Å². The largest absolute Gasteiger partial charge is 0.315 e. The van der Waals surface area contributed by atoms with Gasteiger partial charge in [0.15, 0.2) is 0 Å². The number of hydrogen-bond donors (Lipinski definition) is 1. The van der Waals surface area contributed by atoms with Crippen LogP contribution in [0.2, 0.25) is 0 Å². The first kappa shape index (κ1) is 16.0. The Balaban J connectivity index is 2.21. The van der Waals surface area contributed by atoms with Gasteiger partial charge in [-0.2, -0.15) is 0 Å². The van der Waals surface area contributed by atoms with Gasteiger partial charge in [0.25, 0.3) is 0 Å². The Bertz CT molecular complexity index is 218. The van der Waals surface area contributed by atoms with Gasteiger partial charge < -0.3 is 10.2 Å². The molecule has 2 nitrogen and oxygen atoms in total. The van der Waals surface area contributed by atoms with Crippen molar-refractivity contribution in [2.75, 3.05) is 32.7 Å². The van der Waals surface area contributed by atoms with Gasteiger partial charge in [0.2, 0.25) is 0 Å². The molecule has 1 N–H and O–H groups in total. The standard InChI is InChI=1S/C16H34N2/c1-14(2)13-17-9-12-18-10-6-7-15(8-11-18)16(3,4)5/h14-15,17H,6-13H2,1-5H3. The van der Waals surface area contributed by atoms with E-state index in [1.54, 1.807) is 0 Å². The molecule has 1 saturated heterocycles. The lowest BCUT2D eigenvalue weighted by Gasteiger charge is -2.29. The Morgan fingerprint density at radius 2 is 1.89 bits per heavy atom. The second-order valence-corrected chi connectivity index (χ2v) is 7.43. The number of nitrogens with zero attached hydrogens (tertiary/aromatic N) is 1. The third-order valence-corrected chi connectivity index (χ3v) is 4.20. The molecule has 0 radical (unpaired) electrons. The fourth-order valence-electron chi connectivity index (χ4n) is 2.87. The summed E-state index contributed by atoms with van der Waals surface area (Å²) in [6.07, 6.45) is 4.18.